The van der Waals surface area contributed by atoms with Gasteiger partial charge in [0.2, 0.25) is 0 Å². The highest BCUT2D eigenvalue weighted by molar-refractivity contribution is 5.54. The number of aliphatic hydroxyl groups is 1. The van der Waals surface area contributed by atoms with Crippen LogP contribution in [0.2, 0.25) is 0 Å². The van der Waals surface area contributed by atoms with E-state index in [-0.39, 0.29) is 0 Å². The topological polar surface area (TPSA) is 80.2 Å². The SMILES string of the molecule is OC(c1cc2n(n1)CCN(c1noc(-c3ccccc3)n1)C2)C1CC1. The van der Waals surface area contributed by atoms with E-state index in [1.54, 1.807) is 0 Å². The van der Waals surface area contributed by atoms with Crippen LogP contribution in [0.4, 0.5) is 5.95 Å². The Kier molecular flexibility index (Phi) is 3.34. The van der Waals surface area contributed by atoms with Crippen LogP contribution in [-0.2, 0) is 13.1 Å². The Balaban J connectivity index is 1.36. The first-order valence-electron chi connectivity index (χ1n) is 8.67. The number of aliphatic hydroxyl groups excluding tert-OH is 1. The van der Waals surface area contributed by atoms with Gasteiger partial charge in [-0.1, -0.05) is 18.2 Å². The molecular weight excluding hydrogens is 318 g/mol. The summed E-state index contributed by atoms with van der Waals surface area (Å²) in [5.41, 5.74) is 2.78. The van der Waals surface area contributed by atoms with Crippen LogP contribution in [0.3, 0.4) is 0 Å². The molecule has 1 saturated carbocycles. The fourth-order valence-corrected chi connectivity index (χ4v) is 3.30. The molecule has 7 heteroatoms. The number of hydrogen-bond acceptors (Lipinski definition) is 6. The van der Waals surface area contributed by atoms with Crippen LogP contribution in [0.5, 0.6) is 0 Å². The maximum Gasteiger partial charge on any atom is 0.266 e. The molecule has 5 rings (SSSR count). The van der Waals surface area contributed by atoms with E-state index in [0.29, 0.717) is 24.3 Å². The summed E-state index contributed by atoms with van der Waals surface area (Å²) in [6.07, 6.45) is 1.77. The summed E-state index contributed by atoms with van der Waals surface area (Å²) < 4.78 is 7.39. The third-order valence-corrected chi connectivity index (χ3v) is 4.91. The van der Waals surface area contributed by atoms with E-state index < -0.39 is 6.10 Å². The van der Waals surface area contributed by atoms with Gasteiger partial charge in [-0.15, -0.1) is 0 Å². The summed E-state index contributed by atoms with van der Waals surface area (Å²) in [4.78, 5) is 6.61. The van der Waals surface area contributed by atoms with Crippen molar-refractivity contribution in [2.75, 3.05) is 11.4 Å². The molecule has 2 aliphatic rings. The predicted molar refractivity (Wildman–Crippen MR) is 90.7 cm³/mol. The predicted octanol–water partition coefficient (Wildman–Crippen LogP) is 2.40. The van der Waals surface area contributed by atoms with Crippen LogP contribution in [0.25, 0.3) is 11.5 Å². The largest absolute Gasteiger partial charge is 0.386 e. The second-order valence-corrected chi connectivity index (χ2v) is 6.75. The Hall–Kier alpha value is -2.67. The maximum atomic E-state index is 10.3. The van der Waals surface area contributed by atoms with Gasteiger partial charge in [0.1, 0.15) is 6.10 Å². The van der Waals surface area contributed by atoms with Gasteiger partial charge in [-0.3, -0.25) is 4.68 Å². The van der Waals surface area contributed by atoms with Crippen molar-refractivity contribution in [1.29, 1.82) is 0 Å². The molecule has 0 saturated heterocycles. The van der Waals surface area contributed by atoms with Crippen molar-refractivity contribution in [3.63, 3.8) is 0 Å². The minimum absolute atomic E-state index is 0.388. The van der Waals surface area contributed by atoms with Crippen LogP contribution >= 0.6 is 0 Å². The van der Waals surface area contributed by atoms with Crippen LogP contribution in [0.15, 0.2) is 40.9 Å². The third-order valence-electron chi connectivity index (χ3n) is 4.91. The summed E-state index contributed by atoms with van der Waals surface area (Å²) in [6, 6.07) is 11.8. The van der Waals surface area contributed by atoms with E-state index in [9.17, 15) is 5.11 Å². The Morgan fingerprint density at radius 3 is 2.80 bits per heavy atom. The fraction of sp³-hybridized carbons (Fsp3) is 0.389. The maximum absolute atomic E-state index is 10.3. The monoisotopic (exact) mass is 337 g/mol. The average molecular weight is 337 g/mol. The van der Waals surface area contributed by atoms with E-state index >= 15 is 0 Å². The molecule has 3 heterocycles. The summed E-state index contributed by atoms with van der Waals surface area (Å²) in [6.45, 7) is 2.18. The molecule has 1 aliphatic heterocycles. The van der Waals surface area contributed by atoms with Gasteiger partial charge in [-0.2, -0.15) is 10.1 Å². The summed E-state index contributed by atoms with van der Waals surface area (Å²) in [5.74, 6) is 1.51. The molecule has 1 fully saturated rings. The van der Waals surface area contributed by atoms with Crippen molar-refractivity contribution < 1.29 is 9.63 Å². The molecule has 0 bridgehead atoms. The smallest absolute Gasteiger partial charge is 0.266 e. The highest BCUT2D eigenvalue weighted by Crippen LogP contribution is 2.40. The summed E-state index contributed by atoms with van der Waals surface area (Å²) >= 11 is 0. The van der Waals surface area contributed by atoms with Gasteiger partial charge in [0.05, 0.1) is 24.5 Å². The van der Waals surface area contributed by atoms with Crippen molar-refractivity contribution in [2.24, 2.45) is 5.92 Å². The highest BCUT2D eigenvalue weighted by atomic mass is 16.5. The van der Waals surface area contributed by atoms with Crippen molar-refractivity contribution in [2.45, 2.75) is 32.0 Å². The Labute approximate surface area is 144 Å². The Morgan fingerprint density at radius 1 is 1.16 bits per heavy atom. The number of fused-ring (bicyclic) bond motifs is 1. The zero-order valence-corrected chi connectivity index (χ0v) is 13.7. The zero-order valence-electron chi connectivity index (χ0n) is 13.7. The number of aromatic nitrogens is 4. The summed E-state index contributed by atoms with van der Waals surface area (Å²) in [7, 11) is 0. The standard InChI is InChI=1S/C18H19N5O2/c24-16(12-6-7-12)15-10-14-11-22(8-9-23(14)20-15)18-19-17(25-21-18)13-4-2-1-3-5-13/h1-5,10,12,16,24H,6-9,11H2. The highest BCUT2D eigenvalue weighted by Gasteiger charge is 2.33. The second-order valence-electron chi connectivity index (χ2n) is 6.75. The van der Waals surface area contributed by atoms with Gasteiger partial charge >= 0.3 is 0 Å². The van der Waals surface area contributed by atoms with E-state index in [1.807, 2.05) is 41.1 Å². The number of nitrogens with zero attached hydrogens (tertiary/aromatic N) is 5. The minimum Gasteiger partial charge on any atom is -0.386 e. The molecule has 0 spiro atoms. The lowest BCUT2D eigenvalue weighted by Gasteiger charge is -2.25. The molecule has 3 aromatic rings. The normalized spacial score (nSPS) is 18.2. The molecule has 1 atom stereocenters. The molecule has 0 radical (unpaired) electrons. The van der Waals surface area contributed by atoms with Gasteiger partial charge in [0, 0.05) is 12.1 Å². The van der Waals surface area contributed by atoms with Gasteiger partial charge in [0.25, 0.3) is 11.8 Å². The fourth-order valence-electron chi connectivity index (χ4n) is 3.30. The third kappa shape index (κ3) is 2.70. The van der Waals surface area contributed by atoms with Gasteiger partial charge in [-0.05, 0) is 42.1 Å². The molecule has 1 N–H and O–H groups in total. The number of hydrogen-bond donors (Lipinski definition) is 1. The number of rotatable bonds is 4. The quantitative estimate of drug-likeness (QED) is 0.787. The lowest BCUT2D eigenvalue weighted by Crippen LogP contribution is -2.34. The molecule has 0 amide bonds. The van der Waals surface area contributed by atoms with Crippen molar-refractivity contribution in [3.05, 3.63) is 47.8 Å². The van der Waals surface area contributed by atoms with E-state index in [2.05, 4.69) is 20.1 Å². The van der Waals surface area contributed by atoms with Crippen LogP contribution in [0.1, 0.15) is 30.3 Å². The first-order chi connectivity index (χ1) is 12.3. The summed E-state index contributed by atoms with van der Waals surface area (Å²) in [5, 5.41) is 19.0. The zero-order chi connectivity index (χ0) is 16.8. The number of benzene rings is 1. The van der Waals surface area contributed by atoms with Crippen molar-refractivity contribution in [3.8, 4) is 11.5 Å². The van der Waals surface area contributed by atoms with Gasteiger partial charge in [-0.25, -0.2) is 0 Å². The first-order valence-corrected chi connectivity index (χ1v) is 8.67. The van der Waals surface area contributed by atoms with Crippen LogP contribution in [-0.4, -0.2) is 31.6 Å². The van der Waals surface area contributed by atoms with Crippen LogP contribution in [0, 0.1) is 5.92 Å². The minimum atomic E-state index is -0.429. The lowest BCUT2D eigenvalue weighted by atomic mass is 10.1. The molecule has 2 aromatic heterocycles. The average Bonchev–Trinajstić information content (AvgIpc) is 3.23. The van der Waals surface area contributed by atoms with Gasteiger partial charge < -0.3 is 14.5 Å². The first kappa shape index (κ1) is 14.7. The molecule has 1 aliphatic carbocycles. The van der Waals surface area contributed by atoms with Crippen molar-refractivity contribution in [1.82, 2.24) is 19.9 Å². The lowest BCUT2D eigenvalue weighted by molar-refractivity contribution is 0.148. The van der Waals surface area contributed by atoms with Gasteiger partial charge in [0.15, 0.2) is 0 Å². The Bertz CT molecular complexity index is 884. The van der Waals surface area contributed by atoms with Crippen LogP contribution < -0.4 is 4.90 Å². The molecule has 25 heavy (non-hydrogen) atoms. The molecule has 7 nitrogen and oxygen atoms in total. The Morgan fingerprint density at radius 2 is 2.00 bits per heavy atom. The number of anilines is 1. The van der Waals surface area contributed by atoms with E-state index in [1.165, 1.54) is 0 Å². The molecular formula is C18H19N5O2. The second kappa shape index (κ2) is 5.70. The molecule has 1 aromatic carbocycles. The molecule has 1 unspecified atom stereocenters. The van der Waals surface area contributed by atoms with Crippen molar-refractivity contribution >= 4 is 5.95 Å². The molecule has 128 valence electrons. The van der Waals surface area contributed by atoms with E-state index in [4.69, 9.17) is 4.52 Å². The van der Waals surface area contributed by atoms with E-state index in [0.717, 1.165) is 42.9 Å².